The van der Waals surface area contributed by atoms with Crippen LogP contribution in [0.4, 0.5) is 0 Å². The van der Waals surface area contributed by atoms with Gasteiger partial charge < -0.3 is 9.84 Å². The quantitative estimate of drug-likeness (QED) is 0.815. The monoisotopic (exact) mass is 320 g/mol. The molecule has 112 valence electrons. The van der Waals surface area contributed by atoms with Gasteiger partial charge in [0.25, 0.3) is 0 Å². The predicted molar refractivity (Wildman–Crippen MR) is 74.1 cm³/mol. The molecule has 0 atom stereocenters. The van der Waals surface area contributed by atoms with Gasteiger partial charge in [-0.1, -0.05) is 11.6 Å². The molecule has 20 heavy (non-hydrogen) atoms. The summed E-state index contributed by atoms with van der Waals surface area (Å²) in [5, 5.41) is 8.96. The molecule has 1 aliphatic heterocycles. The zero-order valence-electron chi connectivity index (χ0n) is 10.9. The van der Waals surface area contributed by atoms with Gasteiger partial charge in [0.05, 0.1) is 19.3 Å². The molecule has 0 bridgehead atoms. The first-order chi connectivity index (χ1) is 9.54. The van der Waals surface area contributed by atoms with Gasteiger partial charge in [0.2, 0.25) is 10.0 Å². The maximum Gasteiger partial charge on any atom is 0.244 e. The number of aromatic nitrogens is 1. The zero-order valence-corrected chi connectivity index (χ0v) is 12.5. The van der Waals surface area contributed by atoms with E-state index in [1.165, 1.54) is 22.6 Å². The van der Waals surface area contributed by atoms with Crippen molar-refractivity contribution < 1.29 is 18.3 Å². The lowest BCUT2D eigenvalue weighted by Gasteiger charge is -2.30. The minimum absolute atomic E-state index is 0.0111. The number of sulfonamides is 1. The van der Waals surface area contributed by atoms with Crippen LogP contribution in [0.15, 0.2) is 23.2 Å². The van der Waals surface area contributed by atoms with Gasteiger partial charge in [0.15, 0.2) is 0 Å². The van der Waals surface area contributed by atoms with E-state index in [1.54, 1.807) is 0 Å². The molecule has 0 amide bonds. The van der Waals surface area contributed by atoms with Crippen molar-refractivity contribution in [3.63, 3.8) is 0 Å². The van der Waals surface area contributed by atoms with Crippen LogP contribution in [-0.4, -0.2) is 55.2 Å². The van der Waals surface area contributed by atoms with Crippen LogP contribution in [0.25, 0.3) is 0 Å². The Morgan fingerprint density at radius 2 is 2.10 bits per heavy atom. The second-order valence-electron chi connectivity index (χ2n) is 4.51. The summed E-state index contributed by atoms with van der Waals surface area (Å²) in [7, 11) is -3.52. The highest BCUT2D eigenvalue weighted by atomic mass is 35.5. The minimum atomic E-state index is -3.52. The van der Waals surface area contributed by atoms with Gasteiger partial charge in [0.1, 0.15) is 10.0 Å². The number of rotatable bonds is 5. The van der Waals surface area contributed by atoms with E-state index in [0.29, 0.717) is 32.5 Å². The van der Waals surface area contributed by atoms with Crippen molar-refractivity contribution in [2.24, 2.45) is 0 Å². The van der Waals surface area contributed by atoms with E-state index in [-0.39, 0.29) is 22.8 Å². The molecule has 0 unspecified atom stereocenters. The van der Waals surface area contributed by atoms with Gasteiger partial charge in [-0.25, -0.2) is 13.4 Å². The lowest BCUT2D eigenvalue weighted by atomic mass is 10.1. The van der Waals surface area contributed by atoms with Crippen LogP contribution >= 0.6 is 11.6 Å². The van der Waals surface area contributed by atoms with Crippen LogP contribution < -0.4 is 0 Å². The lowest BCUT2D eigenvalue weighted by Crippen LogP contribution is -2.41. The lowest BCUT2D eigenvalue weighted by molar-refractivity contribution is 0.00318. The molecule has 8 heteroatoms. The summed E-state index contributed by atoms with van der Waals surface area (Å²) in [5.41, 5.74) is 0. The second-order valence-corrected chi connectivity index (χ2v) is 6.84. The minimum Gasteiger partial charge on any atom is -0.394 e. The maximum absolute atomic E-state index is 12.4. The topological polar surface area (TPSA) is 79.7 Å². The first-order valence-corrected chi connectivity index (χ1v) is 8.20. The molecule has 6 nitrogen and oxygen atoms in total. The summed E-state index contributed by atoms with van der Waals surface area (Å²) in [5.74, 6) is 0. The number of halogens is 1. The Kier molecular flexibility index (Phi) is 5.34. The first kappa shape index (κ1) is 15.7. The van der Waals surface area contributed by atoms with Crippen LogP contribution in [0.3, 0.4) is 0 Å². The fraction of sp³-hybridized carbons (Fsp3) is 0.583. The maximum atomic E-state index is 12.4. The van der Waals surface area contributed by atoms with E-state index in [0.717, 1.165) is 0 Å². The highest BCUT2D eigenvalue weighted by molar-refractivity contribution is 7.89. The molecule has 1 N–H and O–H groups in total. The van der Waals surface area contributed by atoms with Gasteiger partial charge in [-0.05, 0) is 25.0 Å². The zero-order chi connectivity index (χ0) is 14.6. The van der Waals surface area contributed by atoms with Crippen molar-refractivity contribution >= 4 is 21.6 Å². The Balaban J connectivity index is 2.00. The molecule has 0 spiro atoms. The molecule has 1 aromatic heterocycles. The second kappa shape index (κ2) is 6.82. The van der Waals surface area contributed by atoms with E-state index < -0.39 is 10.0 Å². The van der Waals surface area contributed by atoms with Crippen LogP contribution in [-0.2, 0) is 14.8 Å². The summed E-state index contributed by atoms with van der Waals surface area (Å²) in [4.78, 5) is 3.95. The molecule has 2 rings (SSSR count). The van der Waals surface area contributed by atoms with Gasteiger partial charge in [-0.3, -0.25) is 0 Å². The molecule has 2 heterocycles. The Morgan fingerprint density at radius 3 is 2.65 bits per heavy atom. The van der Waals surface area contributed by atoms with Crippen LogP contribution in [0, 0.1) is 0 Å². The Morgan fingerprint density at radius 1 is 1.40 bits per heavy atom. The molecule has 1 aliphatic rings. The first-order valence-electron chi connectivity index (χ1n) is 6.38. The van der Waals surface area contributed by atoms with E-state index in [9.17, 15) is 8.42 Å². The number of hydrogen-bond donors (Lipinski definition) is 1. The highest BCUT2D eigenvalue weighted by Gasteiger charge is 2.29. The molecular weight excluding hydrogens is 304 g/mol. The fourth-order valence-electron chi connectivity index (χ4n) is 2.12. The van der Waals surface area contributed by atoms with Crippen molar-refractivity contribution in [2.45, 2.75) is 23.8 Å². The smallest absolute Gasteiger partial charge is 0.244 e. The highest BCUT2D eigenvalue weighted by Crippen LogP contribution is 2.22. The van der Waals surface area contributed by atoms with Gasteiger partial charge in [-0.15, -0.1) is 0 Å². The van der Waals surface area contributed by atoms with Gasteiger partial charge in [0, 0.05) is 19.3 Å². The third-order valence-electron chi connectivity index (χ3n) is 3.18. The number of ether oxygens (including phenoxy) is 1. The average Bonchev–Trinajstić information content (AvgIpc) is 2.46. The van der Waals surface area contributed by atoms with Crippen molar-refractivity contribution in [1.29, 1.82) is 0 Å². The summed E-state index contributed by atoms with van der Waals surface area (Å²) in [6.07, 6.45) is 2.53. The standard InChI is InChI=1S/C12H17ClN2O4S/c13-12-2-1-11(9-14-12)20(17,18)15-5-3-10(4-6-15)19-8-7-16/h1-2,9-10,16H,3-8H2. The van der Waals surface area contributed by atoms with Gasteiger partial charge >= 0.3 is 0 Å². The third kappa shape index (κ3) is 3.67. The van der Waals surface area contributed by atoms with Crippen molar-refractivity contribution in [1.82, 2.24) is 9.29 Å². The van der Waals surface area contributed by atoms with E-state index in [4.69, 9.17) is 21.4 Å². The molecular formula is C12H17ClN2O4S. The number of aliphatic hydroxyl groups excluding tert-OH is 1. The van der Waals surface area contributed by atoms with E-state index >= 15 is 0 Å². The predicted octanol–water partition coefficient (Wildman–Crippen LogP) is 0.897. The molecule has 1 aromatic rings. The van der Waals surface area contributed by atoms with E-state index in [2.05, 4.69) is 4.98 Å². The van der Waals surface area contributed by atoms with Crippen molar-refractivity contribution in [3.8, 4) is 0 Å². The Hall–Kier alpha value is -0.730. The number of nitrogens with zero attached hydrogens (tertiary/aromatic N) is 2. The van der Waals surface area contributed by atoms with Crippen molar-refractivity contribution in [3.05, 3.63) is 23.5 Å². The fourth-order valence-corrected chi connectivity index (χ4v) is 3.65. The summed E-state index contributed by atoms with van der Waals surface area (Å²) in [6.45, 7) is 1.08. The molecule has 0 radical (unpaired) electrons. The molecule has 1 fully saturated rings. The number of pyridine rings is 1. The molecule has 0 aliphatic carbocycles. The van der Waals surface area contributed by atoms with Crippen LogP contribution in [0.2, 0.25) is 5.15 Å². The van der Waals surface area contributed by atoms with Gasteiger partial charge in [-0.2, -0.15) is 4.31 Å². The van der Waals surface area contributed by atoms with Crippen molar-refractivity contribution in [2.75, 3.05) is 26.3 Å². The number of piperidine rings is 1. The number of hydrogen-bond acceptors (Lipinski definition) is 5. The SMILES string of the molecule is O=S(=O)(c1ccc(Cl)nc1)N1CCC(OCCO)CC1. The van der Waals surface area contributed by atoms with Crippen LogP contribution in [0.1, 0.15) is 12.8 Å². The average molecular weight is 321 g/mol. The molecule has 0 saturated carbocycles. The summed E-state index contributed by atoms with van der Waals surface area (Å²) < 4.78 is 31.6. The molecule has 0 aromatic carbocycles. The summed E-state index contributed by atoms with van der Waals surface area (Å²) >= 11 is 5.66. The summed E-state index contributed by atoms with van der Waals surface area (Å²) in [6, 6.07) is 2.92. The third-order valence-corrected chi connectivity index (χ3v) is 5.29. The largest absolute Gasteiger partial charge is 0.394 e. The van der Waals surface area contributed by atoms with Crippen LogP contribution in [0.5, 0.6) is 0 Å². The Labute approximate surface area is 123 Å². The normalized spacial score (nSPS) is 18.3. The number of aliphatic hydroxyl groups is 1. The van der Waals surface area contributed by atoms with E-state index in [1.807, 2.05) is 0 Å². The molecule has 1 saturated heterocycles. The Bertz CT molecular complexity index is 527.